The van der Waals surface area contributed by atoms with Crippen LogP contribution in [0.15, 0.2) is 54.6 Å². The first-order valence-electron chi connectivity index (χ1n) is 8.30. The molecule has 0 amide bonds. The minimum atomic E-state index is -0.811. The van der Waals surface area contributed by atoms with E-state index >= 15 is 0 Å². The van der Waals surface area contributed by atoms with Crippen molar-refractivity contribution in [3.8, 4) is 11.1 Å². The van der Waals surface area contributed by atoms with Gasteiger partial charge in [0.05, 0.1) is 11.7 Å². The Labute approximate surface area is 138 Å². The summed E-state index contributed by atoms with van der Waals surface area (Å²) in [5.41, 5.74) is 2.70. The summed E-state index contributed by atoms with van der Waals surface area (Å²) in [5.74, 6) is 0. The molecule has 23 heavy (non-hydrogen) atoms. The highest BCUT2D eigenvalue weighted by atomic mass is 16.3. The molecule has 2 aromatic carbocycles. The lowest BCUT2D eigenvalue weighted by atomic mass is 9.90. The molecular weight excluding hydrogens is 286 g/mol. The van der Waals surface area contributed by atoms with Crippen LogP contribution in [0.1, 0.15) is 18.9 Å². The van der Waals surface area contributed by atoms with Crippen molar-refractivity contribution in [2.75, 3.05) is 19.6 Å². The van der Waals surface area contributed by atoms with Crippen LogP contribution >= 0.6 is 0 Å². The zero-order valence-corrected chi connectivity index (χ0v) is 13.7. The maximum absolute atomic E-state index is 10.9. The van der Waals surface area contributed by atoms with E-state index in [2.05, 4.69) is 29.2 Å². The van der Waals surface area contributed by atoms with Crippen LogP contribution in [0, 0.1) is 0 Å². The van der Waals surface area contributed by atoms with Gasteiger partial charge < -0.3 is 10.2 Å². The molecule has 0 radical (unpaired) electrons. The number of benzene rings is 2. The van der Waals surface area contributed by atoms with Gasteiger partial charge in [-0.05, 0) is 30.0 Å². The molecule has 1 fully saturated rings. The molecule has 2 N–H and O–H groups in total. The molecule has 0 aromatic heterocycles. The Morgan fingerprint density at radius 1 is 1.09 bits per heavy atom. The summed E-state index contributed by atoms with van der Waals surface area (Å²) in [6.07, 6.45) is 1.16. The van der Waals surface area contributed by atoms with Crippen LogP contribution in [0.3, 0.4) is 0 Å². The Morgan fingerprint density at radius 2 is 1.78 bits per heavy atom. The van der Waals surface area contributed by atoms with Crippen LogP contribution in [-0.2, 0) is 6.42 Å². The summed E-state index contributed by atoms with van der Waals surface area (Å²) in [4.78, 5) is 2.15. The summed E-state index contributed by atoms with van der Waals surface area (Å²) in [6, 6.07) is 18.6. The normalized spacial score (nSPS) is 21.3. The molecule has 1 aliphatic heterocycles. The van der Waals surface area contributed by atoms with Gasteiger partial charge in [-0.3, -0.25) is 4.90 Å². The van der Waals surface area contributed by atoms with Gasteiger partial charge >= 0.3 is 0 Å². The van der Waals surface area contributed by atoms with Crippen molar-refractivity contribution in [3.05, 3.63) is 60.2 Å². The van der Waals surface area contributed by atoms with Crippen LogP contribution in [0.25, 0.3) is 11.1 Å². The van der Waals surface area contributed by atoms with Gasteiger partial charge in [-0.25, -0.2) is 0 Å². The minimum Gasteiger partial charge on any atom is -0.392 e. The van der Waals surface area contributed by atoms with E-state index in [1.165, 1.54) is 11.1 Å². The Morgan fingerprint density at radius 3 is 2.48 bits per heavy atom. The molecule has 0 spiro atoms. The highest BCUT2D eigenvalue weighted by molar-refractivity contribution is 5.67. The fourth-order valence-corrected chi connectivity index (χ4v) is 3.48. The number of aliphatic hydroxyl groups excluding tert-OH is 1. The Bertz CT molecular complexity index is 639. The number of β-amino-alcohol motifs (C(OH)–C–C–N with tert-alkyl or cyclic N) is 2. The first-order valence-corrected chi connectivity index (χ1v) is 8.30. The van der Waals surface area contributed by atoms with Crippen molar-refractivity contribution in [3.63, 3.8) is 0 Å². The fourth-order valence-electron chi connectivity index (χ4n) is 3.48. The highest BCUT2D eigenvalue weighted by Gasteiger charge is 2.29. The quantitative estimate of drug-likeness (QED) is 0.892. The van der Waals surface area contributed by atoms with E-state index in [-0.39, 0.29) is 6.10 Å². The summed E-state index contributed by atoms with van der Waals surface area (Å²) < 4.78 is 0. The summed E-state index contributed by atoms with van der Waals surface area (Å²) in [7, 11) is 0. The predicted molar refractivity (Wildman–Crippen MR) is 93.3 cm³/mol. The lowest BCUT2D eigenvalue weighted by Gasteiger charge is -2.29. The van der Waals surface area contributed by atoms with Crippen molar-refractivity contribution in [1.29, 1.82) is 0 Å². The third-order valence-corrected chi connectivity index (χ3v) is 4.49. The zero-order chi connectivity index (χ0) is 16.3. The molecule has 0 aliphatic carbocycles. The first kappa shape index (κ1) is 16.2. The molecule has 0 saturated carbocycles. The summed E-state index contributed by atoms with van der Waals surface area (Å²) >= 11 is 0. The minimum absolute atomic E-state index is 0.248. The second-order valence-corrected chi connectivity index (χ2v) is 6.87. The van der Waals surface area contributed by atoms with Gasteiger partial charge in [0.15, 0.2) is 0 Å². The van der Waals surface area contributed by atoms with E-state index in [9.17, 15) is 10.2 Å². The number of hydrogen-bond acceptors (Lipinski definition) is 3. The molecule has 1 aliphatic rings. The summed E-state index contributed by atoms with van der Waals surface area (Å²) in [5, 5.41) is 20.5. The zero-order valence-electron chi connectivity index (χ0n) is 13.7. The molecule has 2 atom stereocenters. The number of rotatable bonds is 5. The van der Waals surface area contributed by atoms with Gasteiger partial charge in [0, 0.05) is 26.1 Å². The number of aliphatic hydroxyl groups is 2. The molecule has 122 valence electrons. The van der Waals surface area contributed by atoms with E-state index in [1.54, 1.807) is 0 Å². The second kappa shape index (κ2) is 6.83. The van der Waals surface area contributed by atoms with Crippen molar-refractivity contribution in [1.82, 2.24) is 4.90 Å². The predicted octanol–water partition coefficient (Wildman–Crippen LogP) is 2.71. The largest absolute Gasteiger partial charge is 0.392 e. The van der Waals surface area contributed by atoms with Crippen LogP contribution in [0.5, 0.6) is 0 Å². The molecule has 3 rings (SSSR count). The van der Waals surface area contributed by atoms with E-state index in [0.717, 1.165) is 18.5 Å². The molecule has 1 heterocycles. The molecule has 2 unspecified atom stereocenters. The number of likely N-dealkylation sites (tertiary alicyclic amines) is 1. The van der Waals surface area contributed by atoms with Gasteiger partial charge in [0.2, 0.25) is 0 Å². The highest BCUT2D eigenvalue weighted by Crippen LogP contribution is 2.27. The van der Waals surface area contributed by atoms with Crippen molar-refractivity contribution in [2.45, 2.75) is 31.5 Å². The summed E-state index contributed by atoms with van der Waals surface area (Å²) in [6.45, 7) is 4.00. The monoisotopic (exact) mass is 311 g/mol. The molecule has 0 bridgehead atoms. The average Bonchev–Trinajstić information content (AvgIpc) is 2.92. The third kappa shape index (κ3) is 4.20. The smallest absolute Gasteiger partial charge is 0.0786 e. The molecular formula is C20H25NO2. The van der Waals surface area contributed by atoms with Crippen LogP contribution in [-0.4, -0.2) is 46.5 Å². The van der Waals surface area contributed by atoms with Gasteiger partial charge in [-0.2, -0.15) is 0 Å². The maximum atomic E-state index is 10.9. The average molecular weight is 311 g/mol. The Kier molecular flexibility index (Phi) is 4.81. The van der Waals surface area contributed by atoms with E-state index in [4.69, 9.17) is 0 Å². The van der Waals surface area contributed by atoms with Crippen LogP contribution in [0.2, 0.25) is 0 Å². The topological polar surface area (TPSA) is 43.7 Å². The molecule has 3 nitrogen and oxygen atoms in total. The van der Waals surface area contributed by atoms with E-state index in [0.29, 0.717) is 19.5 Å². The number of hydrogen-bond donors (Lipinski definition) is 2. The van der Waals surface area contributed by atoms with Gasteiger partial charge in [-0.15, -0.1) is 0 Å². The Balaban J connectivity index is 1.77. The van der Waals surface area contributed by atoms with Crippen molar-refractivity contribution >= 4 is 0 Å². The first-order chi connectivity index (χ1) is 11.0. The third-order valence-electron chi connectivity index (χ3n) is 4.49. The molecule has 2 aromatic rings. The molecule has 3 heteroatoms. The van der Waals surface area contributed by atoms with Gasteiger partial charge in [0.1, 0.15) is 0 Å². The van der Waals surface area contributed by atoms with Gasteiger partial charge in [0.25, 0.3) is 0 Å². The van der Waals surface area contributed by atoms with Crippen LogP contribution in [0.4, 0.5) is 0 Å². The second-order valence-electron chi connectivity index (χ2n) is 6.87. The maximum Gasteiger partial charge on any atom is 0.0786 e. The standard InChI is InChI=1S/C20H25NO2/c1-20(23,15-21-12-11-18(22)14-21)13-17-9-5-6-10-19(17)16-7-3-2-4-8-16/h2-10,18,22-23H,11-15H2,1H3. The fraction of sp³-hybridized carbons (Fsp3) is 0.400. The van der Waals surface area contributed by atoms with Crippen molar-refractivity contribution in [2.24, 2.45) is 0 Å². The van der Waals surface area contributed by atoms with E-state index < -0.39 is 5.60 Å². The van der Waals surface area contributed by atoms with Crippen LogP contribution < -0.4 is 0 Å². The Hall–Kier alpha value is -1.68. The lowest BCUT2D eigenvalue weighted by molar-refractivity contribution is 0.0235. The number of nitrogens with zero attached hydrogens (tertiary/aromatic N) is 1. The lowest BCUT2D eigenvalue weighted by Crippen LogP contribution is -2.41. The van der Waals surface area contributed by atoms with E-state index in [1.807, 2.05) is 37.3 Å². The van der Waals surface area contributed by atoms with Gasteiger partial charge in [-0.1, -0.05) is 54.6 Å². The SMILES string of the molecule is CC(O)(Cc1ccccc1-c1ccccc1)CN1CCC(O)C1. The van der Waals surface area contributed by atoms with Crippen molar-refractivity contribution < 1.29 is 10.2 Å². The molecule has 1 saturated heterocycles.